The maximum absolute atomic E-state index is 13.1. The van der Waals surface area contributed by atoms with Crippen molar-refractivity contribution in [2.75, 3.05) is 6.61 Å². The number of carbonyl (C=O) groups is 2. The first kappa shape index (κ1) is 22.1. The van der Waals surface area contributed by atoms with E-state index in [1.54, 1.807) is 12.1 Å². The van der Waals surface area contributed by atoms with Gasteiger partial charge in [0.1, 0.15) is 5.82 Å². The minimum atomic E-state index is -1.42. The highest BCUT2D eigenvalue weighted by Gasteiger charge is 2.36. The summed E-state index contributed by atoms with van der Waals surface area (Å²) in [6.45, 7) is 0.865. The van der Waals surface area contributed by atoms with Crippen LogP contribution in [0.4, 0.5) is 4.39 Å². The number of carbonyl (C=O) groups excluding carboxylic acids is 1. The van der Waals surface area contributed by atoms with E-state index in [1.807, 2.05) is 24.3 Å². The number of aliphatic hydroxyl groups is 1. The van der Waals surface area contributed by atoms with E-state index in [0.717, 1.165) is 16.7 Å². The second-order valence-corrected chi connectivity index (χ2v) is 7.66. The molecule has 162 valence electrons. The van der Waals surface area contributed by atoms with E-state index in [2.05, 4.69) is 20.7 Å². The molecule has 2 unspecified atom stereocenters. The van der Waals surface area contributed by atoms with E-state index < -0.39 is 29.9 Å². The van der Waals surface area contributed by atoms with Crippen LogP contribution in [0, 0.1) is 11.2 Å². The lowest BCUT2D eigenvalue weighted by atomic mass is 9.82. The number of hydrogen-bond donors (Lipinski definition) is 4. The Hall–Kier alpha value is -3.59. The molecular weight excluding hydrogens is 403 g/mol. The summed E-state index contributed by atoms with van der Waals surface area (Å²) in [7, 11) is 0. The van der Waals surface area contributed by atoms with Crippen molar-refractivity contribution in [3.05, 3.63) is 71.8 Å². The van der Waals surface area contributed by atoms with Gasteiger partial charge in [0.25, 0.3) is 5.91 Å². The zero-order valence-corrected chi connectivity index (χ0v) is 16.9. The standard InChI is InChI=1S/C22H23FN4O4/c1-22(13-28,21(30)31)11-18(25-20(29)19-12-24-27-26-19)10-14-2-4-15(5-3-14)16-6-8-17(23)9-7-16/h2-9,12,18,28H,10-11,13H2,1H3,(H,25,29)(H,30,31)(H,24,26,27). The normalized spacial score (nSPS) is 13.9. The number of rotatable bonds is 9. The van der Waals surface area contributed by atoms with Gasteiger partial charge in [0.2, 0.25) is 0 Å². The number of amides is 1. The van der Waals surface area contributed by atoms with Crippen molar-refractivity contribution in [1.82, 2.24) is 20.7 Å². The molecule has 0 aliphatic carbocycles. The molecule has 4 N–H and O–H groups in total. The van der Waals surface area contributed by atoms with Gasteiger partial charge in [0.05, 0.1) is 18.2 Å². The Morgan fingerprint density at radius 2 is 1.74 bits per heavy atom. The fourth-order valence-corrected chi connectivity index (χ4v) is 3.27. The fraction of sp³-hybridized carbons (Fsp3) is 0.273. The molecular formula is C22H23FN4O4. The number of aliphatic carboxylic acids is 1. The maximum Gasteiger partial charge on any atom is 0.311 e. The molecule has 0 bridgehead atoms. The van der Waals surface area contributed by atoms with Crippen LogP contribution < -0.4 is 5.32 Å². The molecule has 31 heavy (non-hydrogen) atoms. The molecule has 2 aromatic carbocycles. The minimum absolute atomic E-state index is 0.0160. The van der Waals surface area contributed by atoms with Crippen molar-refractivity contribution < 1.29 is 24.2 Å². The number of carboxylic acid groups (broad SMARTS) is 1. The highest BCUT2D eigenvalue weighted by Crippen LogP contribution is 2.26. The molecule has 1 aromatic heterocycles. The molecule has 9 heteroatoms. The first-order chi connectivity index (χ1) is 14.8. The average molecular weight is 426 g/mol. The predicted molar refractivity (Wildman–Crippen MR) is 111 cm³/mol. The Labute approximate surface area is 178 Å². The highest BCUT2D eigenvalue weighted by atomic mass is 19.1. The molecule has 0 aliphatic heterocycles. The van der Waals surface area contributed by atoms with E-state index in [4.69, 9.17) is 0 Å². The lowest BCUT2D eigenvalue weighted by Gasteiger charge is -2.28. The third-order valence-corrected chi connectivity index (χ3v) is 5.16. The zero-order valence-electron chi connectivity index (χ0n) is 16.9. The summed E-state index contributed by atoms with van der Waals surface area (Å²) >= 11 is 0. The van der Waals surface area contributed by atoms with Crippen LogP contribution in [-0.2, 0) is 11.2 Å². The summed E-state index contributed by atoms with van der Waals surface area (Å²) in [5.41, 5.74) is 1.29. The van der Waals surface area contributed by atoms with Gasteiger partial charge in [-0.25, -0.2) is 4.39 Å². The van der Waals surface area contributed by atoms with Gasteiger partial charge < -0.3 is 15.5 Å². The molecule has 0 saturated carbocycles. The van der Waals surface area contributed by atoms with E-state index in [1.165, 1.54) is 25.3 Å². The Kier molecular flexibility index (Phi) is 6.76. The number of aromatic nitrogens is 3. The van der Waals surface area contributed by atoms with E-state index in [9.17, 15) is 24.2 Å². The van der Waals surface area contributed by atoms with Gasteiger partial charge in [-0.1, -0.05) is 36.4 Å². The van der Waals surface area contributed by atoms with Crippen LogP contribution in [0.15, 0.2) is 54.7 Å². The Morgan fingerprint density at radius 1 is 1.13 bits per heavy atom. The Balaban J connectivity index is 1.79. The van der Waals surface area contributed by atoms with Crippen LogP contribution in [0.1, 0.15) is 29.4 Å². The van der Waals surface area contributed by atoms with Crippen LogP contribution in [0.5, 0.6) is 0 Å². The predicted octanol–water partition coefficient (Wildman–Crippen LogP) is 2.43. The van der Waals surface area contributed by atoms with Gasteiger partial charge in [0.15, 0.2) is 5.69 Å². The third kappa shape index (κ3) is 5.52. The van der Waals surface area contributed by atoms with Crippen molar-refractivity contribution in [1.29, 1.82) is 0 Å². The molecule has 0 fully saturated rings. The van der Waals surface area contributed by atoms with Crippen molar-refractivity contribution in [2.45, 2.75) is 25.8 Å². The molecule has 2 atom stereocenters. The molecule has 0 radical (unpaired) electrons. The summed E-state index contributed by atoms with van der Waals surface area (Å²) in [4.78, 5) is 24.1. The summed E-state index contributed by atoms with van der Waals surface area (Å²) in [6.07, 6.45) is 1.63. The van der Waals surface area contributed by atoms with Crippen LogP contribution in [0.2, 0.25) is 0 Å². The second kappa shape index (κ2) is 9.48. The van der Waals surface area contributed by atoms with E-state index in [-0.39, 0.29) is 17.9 Å². The summed E-state index contributed by atoms with van der Waals surface area (Å²) < 4.78 is 13.1. The quantitative estimate of drug-likeness (QED) is 0.416. The van der Waals surface area contributed by atoms with Crippen molar-refractivity contribution >= 4 is 11.9 Å². The monoisotopic (exact) mass is 426 g/mol. The molecule has 1 heterocycles. The van der Waals surface area contributed by atoms with Gasteiger partial charge >= 0.3 is 5.97 Å². The fourth-order valence-electron chi connectivity index (χ4n) is 3.27. The number of halogens is 1. The molecule has 8 nitrogen and oxygen atoms in total. The number of aliphatic hydroxyl groups excluding tert-OH is 1. The molecule has 0 aliphatic rings. The van der Waals surface area contributed by atoms with Crippen molar-refractivity contribution in [3.8, 4) is 11.1 Å². The molecule has 0 spiro atoms. The molecule has 3 rings (SSSR count). The Morgan fingerprint density at radius 3 is 2.26 bits per heavy atom. The molecule has 3 aromatic rings. The molecule has 1 amide bonds. The number of benzene rings is 2. The summed E-state index contributed by atoms with van der Waals surface area (Å²) in [5.74, 6) is -1.95. The second-order valence-electron chi connectivity index (χ2n) is 7.66. The number of hydrogen-bond acceptors (Lipinski definition) is 5. The van der Waals surface area contributed by atoms with Gasteiger partial charge in [-0.3, -0.25) is 9.59 Å². The SMILES string of the molecule is CC(CO)(CC(Cc1ccc(-c2ccc(F)cc2)cc1)NC(=O)c1cn[nH]n1)C(=O)O. The Bertz CT molecular complexity index is 1020. The lowest BCUT2D eigenvalue weighted by Crippen LogP contribution is -2.44. The summed E-state index contributed by atoms with van der Waals surface area (Å²) in [6, 6.07) is 13.1. The van der Waals surface area contributed by atoms with E-state index in [0.29, 0.717) is 6.42 Å². The summed E-state index contributed by atoms with van der Waals surface area (Å²) in [5, 5.41) is 31.6. The van der Waals surface area contributed by atoms with Crippen LogP contribution in [0.3, 0.4) is 0 Å². The van der Waals surface area contributed by atoms with Crippen LogP contribution >= 0.6 is 0 Å². The average Bonchev–Trinajstić information content (AvgIpc) is 3.30. The van der Waals surface area contributed by atoms with Crippen LogP contribution in [0.25, 0.3) is 11.1 Å². The number of carboxylic acids is 1. The van der Waals surface area contributed by atoms with Gasteiger partial charge in [-0.05, 0) is 48.6 Å². The number of H-pyrrole nitrogens is 1. The first-order valence-corrected chi connectivity index (χ1v) is 9.66. The number of nitrogens with zero attached hydrogens (tertiary/aromatic N) is 2. The zero-order chi connectivity index (χ0) is 22.4. The topological polar surface area (TPSA) is 128 Å². The van der Waals surface area contributed by atoms with Crippen LogP contribution in [-0.4, -0.2) is 50.1 Å². The lowest BCUT2D eigenvalue weighted by molar-refractivity contribution is -0.151. The molecule has 0 saturated heterocycles. The van der Waals surface area contributed by atoms with Gasteiger partial charge in [-0.2, -0.15) is 15.4 Å². The van der Waals surface area contributed by atoms with Crippen molar-refractivity contribution in [2.24, 2.45) is 5.41 Å². The number of nitrogens with one attached hydrogen (secondary N) is 2. The third-order valence-electron chi connectivity index (χ3n) is 5.16. The minimum Gasteiger partial charge on any atom is -0.481 e. The van der Waals surface area contributed by atoms with Gasteiger partial charge in [0, 0.05) is 6.04 Å². The highest BCUT2D eigenvalue weighted by molar-refractivity contribution is 5.92. The van der Waals surface area contributed by atoms with Gasteiger partial charge in [-0.15, -0.1) is 0 Å². The number of aromatic amines is 1. The van der Waals surface area contributed by atoms with E-state index >= 15 is 0 Å². The largest absolute Gasteiger partial charge is 0.481 e. The van der Waals surface area contributed by atoms with Crippen molar-refractivity contribution in [3.63, 3.8) is 0 Å². The first-order valence-electron chi connectivity index (χ1n) is 9.66. The smallest absolute Gasteiger partial charge is 0.311 e. The maximum atomic E-state index is 13.1.